The van der Waals surface area contributed by atoms with Crippen LogP contribution in [0.15, 0.2) is 29.2 Å². The van der Waals surface area contributed by atoms with Crippen molar-refractivity contribution in [3.05, 3.63) is 29.3 Å². The van der Waals surface area contributed by atoms with Crippen LogP contribution < -0.4 is 4.72 Å². The molecule has 0 radical (unpaired) electrons. The summed E-state index contributed by atoms with van der Waals surface area (Å²) in [6, 6.07) is 5.94. The van der Waals surface area contributed by atoms with Crippen molar-refractivity contribution in [3.63, 3.8) is 0 Å². The minimum atomic E-state index is -3.59. The van der Waals surface area contributed by atoms with Crippen molar-refractivity contribution in [1.29, 1.82) is 0 Å². The van der Waals surface area contributed by atoms with Gasteiger partial charge in [0.2, 0.25) is 15.9 Å². The Morgan fingerprint density at radius 2 is 2.05 bits per heavy atom. The van der Waals surface area contributed by atoms with Crippen LogP contribution in [-0.4, -0.2) is 38.4 Å². The summed E-state index contributed by atoms with van der Waals surface area (Å²) in [5.41, 5.74) is 0. The van der Waals surface area contributed by atoms with Gasteiger partial charge in [-0.25, -0.2) is 13.1 Å². The molecule has 0 aromatic heterocycles. The first-order chi connectivity index (χ1) is 9.95. The first-order valence-corrected chi connectivity index (χ1v) is 8.88. The highest BCUT2D eigenvalue weighted by Crippen LogP contribution is 2.32. The van der Waals surface area contributed by atoms with Gasteiger partial charge in [0.25, 0.3) is 0 Å². The molecule has 0 bridgehead atoms. The summed E-state index contributed by atoms with van der Waals surface area (Å²) in [7, 11) is -3.59. The highest BCUT2D eigenvalue weighted by atomic mass is 35.5. The number of rotatable bonds is 4. The molecule has 1 atom stereocenters. The first-order valence-electron chi connectivity index (χ1n) is 7.02. The van der Waals surface area contributed by atoms with Gasteiger partial charge in [-0.15, -0.1) is 0 Å². The lowest BCUT2D eigenvalue weighted by Crippen LogP contribution is -2.38. The molecule has 2 aliphatic rings. The van der Waals surface area contributed by atoms with Gasteiger partial charge < -0.3 is 4.90 Å². The van der Waals surface area contributed by atoms with Crippen LogP contribution in [0, 0.1) is 5.92 Å². The summed E-state index contributed by atoms with van der Waals surface area (Å²) in [4.78, 5) is 13.9. The zero-order valence-electron chi connectivity index (χ0n) is 11.5. The normalized spacial score (nSPS) is 22.5. The van der Waals surface area contributed by atoms with E-state index in [0.717, 1.165) is 12.8 Å². The SMILES string of the molecule is O=C(C1CC1)N1CCC(NS(=O)(=O)c2cccc(Cl)c2)C1. The molecule has 0 spiro atoms. The summed E-state index contributed by atoms with van der Waals surface area (Å²) in [6.07, 6.45) is 2.58. The van der Waals surface area contributed by atoms with Crippen LogP contribution in [0.2, 0.25) is 5.02 Å². The molecular formula is C14H17ClN2O3S. The molecule has 1 aromatic rings. The van der Waals surface area contributed by atoms with Crippen molar-refractivity contribution in [2.45, 2.75) is 30.2 Å². The molecule has 1 aliphatic heterocycles. The summed E-state index contributed by atoms with van der Waals surface area (Å²) in [6.45, 7) is 1.08. The summed E-state index contributed by atoms with van der Waals surface area (Å²) >= 11 is 5.83. The monoisotopic (exact) mass is 328 g/mol. The lowest BCUT2D eigenvalue weighted by atomic mass is 10.3. The molecule has 114 valence electrons. The Hall–Kier alpha value is -1.11. The Morgan fingerprint density at radius 3 is 2.71 bits per heavy atom. The zero-order valence-corrected chi connectivity index (χ0v) is 13.0. The van der Waals surface area contributed by atoms with Crippen LogP contribution in [0.25, 0.3) is 0 Å². The molecule has 1 saturated heterocycles. The van der Waals surface area contributed by atoms with Gasteiger partial charge in [-0.05, 0) is 37.5 Å². The fourth-order valence-electron chi connectivity index (χ4n) is 2.57. The Kier molecular flexibility index (Phi) is 3.94. The highest BCUT2D eigenvalue weighted by molar-refractivity contribution is 7.89. The fraction of sp³-hybridized carbons (Fsp3) is 0.500. The molecule has 3 rings (SSSR count). The van der Waals surface area contributed by atoms with E-state index in [1.165, 1.54) is 12.1 Å². The number of carbonyl (C=O) groups is 1. The van der Waals surface area contributed by atoms with Crippen LogP contribution in [-0.2, 0) is 14.8 Å². The van der Waals surface area contributed by atoms with Crippen molar-refractivity contribution in [3.8, 4) is 0 Å². The largest absolute Gasteiger partial charge is 0.341 e. The number of nitrogens with one attached hydrogen (secondary N) is 1. The second-order valence-electron chi connectivity index (χ2n) is 5.62. The van der Waals surface area contributed by atoms with E-state index < -0.39 is 10.0 Å². The first kappa shape index (κ1) is 14.8. The molecule has 1 saturated carbocycles. The molecule has 7 heteroatoms. The highest BCUT2D eigenvalue weighted by Gasteiger charge is 2.37. The molecule has 1 heterocycles. The standard InChI is InChI=1S/C14H17ClN2O3S/c15-11-2-1-3-13(8-11)21(19,20)16-12-6-7-17(9-12)14(18)10-4-5-10/h1-3,8,10,12,16H,4-7,9H2. The predicted molar refractivity (Wildman–Crippen MR) is 79.5 cm³/mol. The van der Waals surface area contributed by atoms with E-state index in [2.05, 4.69) is 4.72 Å². The smallest absolute Gasteiger partial charge is 0.240 e. The van der Waals surface area contributed by atoms with Gasteiger partial charge in [-0.1, -0.05) is 17.7 Å². The number of halogens is 1. The van der Waals surface area contributed by atoms with Crippen LogP contribution in [0.5, 0.6) is 0 Å². The van der Waals surface area contributed by atoms with Crippen LogP contribution in [0.4, 0.5) is 0 Å². The van der Waals surface area contributed by atoms with Gasteiger partial charge in [0.05, 0.1) is 4.90 Å². The fourth-order valence-corrected chi connectivity index (χ4v) is 4.13. The molecular weight excluding hydrogens is 312 g/mol. The van der Waals surface area contributed by atoms with E-state index in [1.54, 1.807) is 17.0 Å². The Labute approximate surface area is 129 Å². The molecule has 1 aliphatic carbocycles. The zero-order chi connectivity index (χ0) is 15.0. The molecule has 1 N–H and O–H groups in total. The van der Waals surface area contributed by atoms with E-state index in [0.29, 0.717) is 24.5 Å². The third-order valence-electron chi connectivity index (χ3n) is 3.85. The molecule has 5 nitrogen and oxygen atoms in total. The van der Waals surface area contributed by atoms with Crippen molar-refractivity contribution in [2.75, 3.05) is 13.1 Å². The van der Waals surface area contributed by atoms with Gasteiger partial charge in [-0.2, -0.15) is 0 Å². The maximum atomic E-state index is 12.3. The number of carbonyl (C=O) groups excluding carboxylic acids is 1. The van der Waals surface area contributed by atoms with Crippen molar-refractivity contribution in [2.24, 2.45) is 5.92 Å². The number of amides is 1. The van der Waals surface area contributed by atoms with Crippen molar-refractivity contribution >= 4 is 27.5 Å². The minimum absolute atomic E-state index is 0.155. The van der Waals surface area contributed by atoms with Gasteiger partial charge in [0, 0.05) is 30.1 Å². The van der Waals surface area contributed by atoms with E-state index in [1.807, 2.05) is 0 Å². The molecule has 21 heavy (non-hydrogen) atoms. The summed E-state index contributed by atoms with van der Waals surface area (Å²) in [5.74, 6) is 0.341. The van der Waals surface area contributed by atoms with Gasteiger partial charge >= 0.3 is 0 Å². The number of nitrogens with zero attached hydrogens (tertiary/aromatic N) is 1. The van der Waals surface area contributed by atoms with E-state index in [-0.39, 0.29) is 22.8 Å². The van der Waals surface area contributed by atoms with Gasteiger partial charge in [-0.3, -0.25) is 4.79 Å². The third kappa shape index (κ3) is 3.39. The topological polar surface area (TPSA) is 66.5 Å². The second-order valence-corrected chi connectivity index (χ2v) is 7.77. The van der Waals surface area contributed by atoms with Crippen molar-refractivity contribution < 1.29 is 13.2 Å². The second kappa shape index (κ2) is 5.59. The lowest BCUT2D eigenvalue weighted by molar-refractivity contribution is -0.131. The van der Waals surface area contributed by atoms with Crippen LogP contribution >= 0.6 is 11.6 Å². The molecule has 1 amide bonds. The summed E-state index contributed by atoms with van der Waals surface area (Å²) in [5, 5.41) is 0.384. The Morgan fingerprint density at radius 1 is 1.29 bits per heavy atom. The van der Waals surface area contributed by atoms with Crippen LogP contribution in [0.1, 0.15) is 19.3 Å². The Bertz CT molecular complexity index is 658. The lowest BCUT2D eigenvalue weighted by Gasteiger charge is -2.17. The third-order valence-corrected chi connectivity index (χ3v) is 5.61. The number of likely N-dealkylation sites (tertiary alicyclic amines) is 1. The Balaban J connectivity index is 1.65. The van der Waals surface area contributed by atoms with E-state index in [4.69, 9.17) is 11.6 Å². The van der Waals surface area contributed by atoms with E-state index >= 15 is 0 Å². The molecule has 1 unspecified atom stereocenters. The molecule has 1 aromatic carbocycles. The van der Waals surface area contributed by atoms with Gasteiger partial charge in [0.1, 0.15) is 0 Å². The molecule has 2 fully saturated rings. The van der Waals surface area contributed by atoms with Gasteiger partial charge in [0.15, 0.2) is 0 Å². The summed E-state index contributed by atoms with van der Waals surface area (Å²) < 4.78 is 27.2. The minimum Gasteiger partial charge on any atom is -0.341 e. The number of sulfonamides is 1. The number of hydrogen-bond acceptors (Lipinski definition) is 3. The average molecular weight is 329 g/mol. The van der Waals surface area contributed by atoms with E-state index in [9.17, 15) is 13.2 Å². The quantitative estimate of drug-likeness (QED) is 0.913. The number of hydrogen-bond donors (Lipinski definition) is 1. The maximum absolute atomic E-state index is 12.3. The average Bonchev–Trinajstić information content (AvgIpc) is 3.18. The number of benzene rings is 1. The maximum Gasteiger partial charge on any atom is 0.240 e. The predicted octanol–water partition coefficient (Wildman–Crippen LogP) is 1.63. The van der Waals surface area contributed by atoms with Crippen LogP contribution in [0.3, 0.4) is 0 Å². The van der Waals surface area contributed by atoms with Crippen molar-refractivity contribution in [1.82, 2.24) is 9.62 Å².